The van der Waals surface area contributed by atoms with Crippen LogP contribution in [0.25, 0.3) is 0 Å². The number of nitrogens with zero attached hydrogens (tertiary/aromatic N) is 2. The number of hydrogen-bond donors (Lipinski definition) is 1. The van der Waals surface area contributed by atoms with Crippen LogP contribution in [0, 0.1) is 6.92 Å². The molecule has 6 nitrogen and oxygen atoms in total. The fourth-order valence-electron chi connectivity index (χ4n) is 2.55. The van der Waals surface area contributed by atoms with E-state index in [1.54, 1.807) is 17.2 Å². The first-order chi connectivity index (χ1) is 10.1. The molecule has 1 aliphatic heterocycles. The molecule has 2 aliphatic rings. The van der Waals surface area contributed by atoms with E-state index in [9.17, 15) is 9.59 Å². The minimum atomic E-state index is -0.0559. The van der Waals surface area contributed by atoms with Crippen molar-refractivity contribution in [2.75, 3.05) is 32.7 Å². The normalized spacial score (nSPS) is 19.6. The molecule has 114 valence electrons. The Morgan fingerprint density at radius 2 is 2.00 bits per heavy atom. The molecule has 0 radical (unpaired) electrons. The summed E-state index contributed by atoms with van der Waals surface area (Å²) in [7, 11) is 0. The van der Waals surface area contributed by atoms with Crippen molar-refractivity contribution in [2.45, 2.75) is 25.8 Å². The van der Waals surface area contributed by atoms with Gasteiger partial charge in [-0.15, -0.1) is 0 Å². The molecule has 2 amide bonds. The van der Waals surface area contributed by atoms with Crippen molar-refractivity contribution in [3.8, 4) is 0 Å². The summed E-state index contributed by atoms with van der Waals surface area (Å²) in [4.78, 5) is 27.9. The van der Waals surface area contributed by atoms with Gasteiger partial charge >= 0.3 is 0 Å². The Hall–Kier alpha value is -1.82. The fraction of sp³-hybridized carbons (Fsp3) is 0.600. The predicted molar refractivity (Wildman–Crippen MR) is 77.0 cm³/mol. The van der Waals surface area contributed by atoms with E-state index in [4.69, 9.17) is 4.42 Å². The van der Waals surface area contributed by atoms with Gasteiger partial charge in [-0.1, -0.05) is 0 Å². The maximum atomic E-state index is 12.3. The molecule has 21 heavy (non-hydrogen) atoms. The van der Waals surface area contributed by atoms with Crippen LogP contribution in [-0.4, -0.2) is 60.4 Å². The number of amides is 2. The van der Waals surface area contributed by atoms with E-state index in [1.807, 2.05) is 6.92 Å². The SMILES string of the molecule is Cc1ccoc1C(=O)N1CCN(CC(=O)NC2CC2)CC1. The Balaban J connectivity index is 1.47. The molecule has 2 heterocycles. The van der Waals surface area contributed by atoms with Gasteiger partial charge in [0.1, 0.15) is 0 Å². The van der Waals surface area contributed by atoms with Gasteiger partial charge in [-0.2, -0.15) is 0 Å². The van der Waals surface area contributed by atoms with E-state index in [2.05, 4.69) is 10.2 Å². The Morgan fingerprint density at radius 1 is 1.29 bits per heavy atom. The van der Waals surface area contributed by atoms with E-state index in [0.29, 0.717) is 31.4 Å². The molecular formula is C15H21N3O3. The summed E-state index contributed by atoms with van der Waals surface area (Å²) in [6.07, 6.45) is 3.76. The number of hydrogen-bond acceptors (Lipinski definition) is 4. The first kappa shape index (κ1) is 14.1. The van der Waals surface area contributed by atoms with Crippen LogP contribution in [-0.2, 0) is 4.79 Å². The zero-order valence-corrected chi connectivity index (χ0v) is 12.3. The summed E-state index contributed by atoms with van der Waals surface area (Å²) in [6.45, 7) is 5.02. The van der Waals surface area contributed by atoms with E-state index in [0.717, 1.165) is 31.5 Å². The smallest absolute Gasteiger partial charge is 0.289 e. The highest BCUT2D eigenvalue weighted by molar-refractivity contribution is 5.92. The quantitative estimate of drug-likeness (QED) is 0.883. The molecular weight excluding hydrogens is 270 g/mol. The third-order valence-corrected chi connectivity index (χ3v) is 4.03. The lowest BCUT2D eigenvalue weighted by Crippen LogP contribution is -2.51. The second kappa shape index (κ2) is 5.89. The van der Waals surface area contributed by atoms with Gasteiger partial charge < -0.3 is 14.6 Å². The summed E-state index contributed by atoms with van der Waals surface area (Å²) in [6, 6.07) is 2.20. The van der Waals surface area contributed by atoms with Gasteiger partial charge in [0.05, 0.1) is 12.8 Å². The molecule has 1 N–H and O–H groups in total. The molecule has 1 aliphatic carbocycles. The van der Waals surface area contributed by atoms with E-state index in [1.165, 1.54) is 0 Å². The number of nitrogens with one attached hydrogen (secondary N) is 1. The maximum absolute atomic E-state index is 12.3. The summed E-state index contributed by atoms with van der Waals surface area (Å²) < 4.78 is 5.25. The number of furan rings is 1. The maximum Gasteiger partial charge on any atom is 0.289 e. The molecule has 0 unspecified atom stereocenters. The molecule has 1 saturated heterocycles. The minimum Gasteiger partial charge on any atom is -0.459 e. The second-order valence-corrected chi connectivity index (χ2v) is 5.84. The van der Waals surface area contributed by atoms with Crippen LogP contribution in [0.3, 0.4) is 0 Å². The zero-order valence-electron chi connectivity index (χ0n) is 12.3. The lowest BCUT2D eigenvalue weighted by Gasteiger charge is -2.33. The molecule has 1 aromatic heterocycles. The van der Waals surface area contributed by atoms with Crippen molar-refractivity contribution in [3.63, 3.8) is 0 Å². The molecule has 0 spiro atoms. The van der Waals surface area contributed by atoms with Crippen molar-refractivity contribution < 1.29 is 14.0 Å². The van der Waals surface area contributed by atoms with Gasteiger partial charge in [0.25, 0.3) is 5.91 Å². The Kier molecular flexibility index (Phi) is 3.96. The van der Waals surface area contributed by atoms with Crippen LogP contribution in [0.2, 0.25) is 0 Å². The molecule has 1 aromatic rings. The van der Waals surface area contributed by atoms with Crippen LogP contribution in [0.1, 0.15) is 29.0 Å². The van der Waals surface area contributed by atoms with Crippen molar-refractivity contribution in [3.05, 3.63) is 23.7 Å². The fourth-order valence-corrected chi connectivity index (χ4v) is 2.55. The number of piperazine rings is 1. The number of carbonyl (C=O) groups is 2. The molecule has 6 heteroatoms. The van der Waals surface area contributed by atoms with Crippen LogP contribution < -0.4 is 5.32 Å². The lowest BCUT2D eigenvalue weighted by molar-refractivity contribution is -0.122. The van der Waals surface area contributed by atoms with E-state index < -0.39 is 0 Å². The summed E-state index contributed by atoms with van der Waals surface area (Å²) in [5, 5.41) is 2.99. The number of carbonyl (C=O) groups excluding carboxylic acids is 2. The van der Waals surface area contributed by atoms with E-state index in [-0.39, 0.29) is 11.8 Å². The molecule has 2 fully saturated rings. The molecule has 0 bridgehead atoms. The van der Waals surface area contributed by atoms with E-state index >= 15 is 0 Å². The Labute approximate surface area is 124 Å². The summed E-state index contributed by atoms with van der Waals surface area (Å²) >= 11 is 0. The van der Waals surface area contributed by atoms with Crippen molar-refractivity contribution in [2.24, 2.45) is 0 Å². The van der Waals surface area contributed by atoms with Crippen LogP contribution in [0.15, 0.2) is 16.7 Å². The van der Waals surface area contributed by atoms with Crippen molar-refractivity contribution in [1.29, 1.82) is 0 Å². The highest BCUT2D eigenvalue weighted by Gasteiger charge is 2.27. The van der Waals surface area contributed by atoms with Crippen molar-refractivity contribution in [1.82, 2.24) is 15.1 Å². The minimum absolute atomic E-state index is 0.0559. The van der Waals surface area contributed by atoms with Crippen LogP contribution in [0.4, 0.5) is 0 Å². The third kappa shape index (κ3) is 3.44. The van der Waals surface area contributed by atoms with Gasteiger partial charge in [-0.25, -0.2) is 0 Å². The lowest BCUT2D eigenvalue weighted by atomic mass is 10.2. The average molecular weight is 291 g/mol. The topological polar surface area (TPSA) is 65.8 Å². The molecule has 0 aromatic carbocycles. The highest BCUT2D eigenvalue weighted by Crippen LogP contribution is 2.18. The molecule has 3 rings (SSSR count). The van der Waals surface area contributed by atoms with Crippen LogP contribution >= 0.6 is 0 Å². The van der Waals surface area contributed by atoms with Crippen molar-refractivity contribution >= 4 is 11.8 Å². The standard InChI is InChI=1S/C15H21N3O3/c1-11-4-9-21-14(11)15(20)18-7-5-17(6-8-18)10-13(19)16-12-2-3-12/h4,9,12H,2-3,5-8,10H2,1H3,(H,16,19). The molecule has 1 saturated carbocycles. The third-order valence-electron chi connectivity index (χ3n) is 4.03. The number of rotatable bonds is 4. The van der Waals surface area contributed by atoms with Gasteiger partial charge in [0.2, 0.25) is 5.91 Å². The largest absolute Gasteiger partial charge is 0.459 e. The summed E-state index contributed by atoms with van der Waals surface area (Å²) in [5.41, 5.74) is 0.867. The Morgan fingerprint density at radius 3 is 2.57 bits per heavy atom. The summed E-state index contributed by atoms with van der Waals surface area (Å²) in [5.74, 6) is 0.466. The zero-order chi connectivity index (χ0) is 14.8. The first-order valence-electron chi connectivity index (χ1n) is 7.48. The van der Waals surface area contributed by atoms with Gasteiger partial charge in [-0.3, -0.25) is 14.5 Å². The second-order valence-electron chi connectivity index (χ2n) is 5.84. The highest BCUT2D eigenvalue weighted by atomic mass is 16.3. The van der Waals surface area contributed by atoms with Crippen LogP contribution in [0.5, 0.6) is 0 Å². The Bertz CT molecular complexity index is 528. The average Bonchev–Trinajstić information content (AvgIpc) is 3.17. The molecule has 0 atom stereocenters. The van der Waals surface area contributed by atoms with Gasteiger partial charge in [-0.05, 0) is 25.8 Å². The first-order valence-corrected chi connectivity index (χ1v) is 7.48. The van der Waals surface area contributed by atoms with Gasteiger partial charge in [0.15, 0.2) is 5.76 Å². The van der Waals surface area contributed by atoms with Gasteiger partial charge in [0, 0.05) is 37.8 Å². The predicted octanol–water partition coefficient (Wildman–Crippen LogP) is 0.624. The number of aryl methyl sites for hydroxylation is 1. The monoisotopic (exact) mass is 291 g/mol.